The monoisotopic (exact) mass is 226 g/mol. The van der Waals surface area contributed by atoms with E-state index in [1.54, 1.807) is 17.5 Å². The van der Waals surface area contributed by atoms with Crippen LogP contribution >= 0.6 is 11.3 Å². The SMILES string of the molecule is OC(c1cccs1)c1cc(F)ccc1F. The highest BCUT2D eigenvalue weighted by molar-refractivity contribution is 7.10. The van der Waals surface area contributed by atoms with Crippen molar-refractivity contribution in [1.82, 2.24) is 0 Å². The molecular formula is C11H8F2OS. The van der Waals surface area contributed by atoms with Crippen LogP contribution in [0.4, 0.5) is 8.78 Å². The standard InChI is InChI=1S/C11H8F2OS/c12-7-3-4-9(13)8(6-7)11(14)10-2-1-5-15-10/h1-6,11,14H. The Balaban J connectivity index is 2.41. The van der Waals surface area contributed by atoms with E-state index in [1.165, 1.54) is 11.3 Å². The molecule has 1 aromatic carbocycles. The summed E-state index contributed by atoms with van der Waals surface area (Å²) in [5, 5.41) is 11.6. The summed E-state index contributed by atoms with van der Waals surface area (Å²) in [5.74, 6) is -1.15. The van der Waals surface area contributed by atoms with Gasteiger partial charge in [0.25, 0.3) is 0 Å². The Morgan fingerprint density at radius 1 is 1.20 bits per heavy atom. The van der Waals surface area contributed by atoms with Crippen molar-refractivity contribution in [3.63, 3.8) is 0 Å². The summed E-state index contributed by atoms with van der Waals surface area (Å²) in [6.07, 6.45) is -1.10. The first-order valence-electron chi connectivity index (χ1n) is 4.35. The predicted molar refractivity (Wildman–Crippen MR) is 54.7 cm³/mol. The molecule has 1 heterocycles. The first-order chi connectivity index (χ1) is 7.18. The molecule has 0 saturated carbocycles. The van der Waals surface area contributed by atoms with Crippen LogP contribution in [-0.2, 0) is 0 Å². The van der Waals surface area contributed by atoms with Crippen LogP contribution < -0.4 is 0 Å². The van der Waals surface area contributed by atoms with Gasteiger partial charge in [-0.1, -0.05) is 6.07 Å². The minimum absolute atomic E-state index is 0.0301. The van der Waals surface area contributed by atoms with Gasteiger partial charge in [-0.25, -0.2) is 8.78 Å². The molecule has 1 aromatic heterocycles. The second-order valence-electron chi connectivity index (χ2n) is 3.08. The molecule has 15 heavy (non-hydrogen) atoms. The highest BCUT2D eigenvalue weighted by Crippen LogP contribution is 2.27. The fraction of sp³-hybridized carbons (Fsp3) is 0.0909. The van der Waals surface area contributed by atoms with Crippen LogP contribution in [0.15, 0.2) is 35.7 Å². The second-order valence-corrected chi connectivity index (χ2v) is 4.06. The zero-order chi connectivity index (χ0) is 10.8. The maximum absolute atomic E-state index is 13.3. The maximum atomic E-state index is 13.3. The first-order valence-corrected chi connectivity index (χ1v) is 5.23. The molecule has 2 rings (SSSR count). The Hall–Kier alpha value is -1.26. The predicted octanol–water partition coefficient (Wildman–Crippen LogP) is 3.11. The maximum Gasteiger partial charge on any atom is 0.129 e. The number of hydrogen-bond donors (Lipinski definition) is 1. The van der Waals surface area contributed by atoms with Crippen molar-refractivity contribution in [2.45, 2.75) is 6.10 Å². The summed E-state index contributed by atoms with van der Waals surface area (Å²) in [6, 6.07) is 6.49. The lowest BCUT2D eigenvalue weighted by Crippen LogP contribution is -2.01. The molecule has 4 heteroatoms. The van der Waals surface area contributed by atoms with E-state index in [9.17, 15) is 13.9 Å². The van der Waals surface area contributed by atoms with Gasteiger partial charge in [0.2, 0.25) is 0 Å². The van der Waals surface area contributed by atoms with Crippen molar-refractivity contribution in [1.29, 1.82) is 0 Å². The van der Waals surface area contributed by atoms with Crippen molar-refractivity contribution in [2.24, 2.45) is 0 Å². The third kappa shape index (κ3) is 2.06. The minimum atomic E-state index is -1.10. The molecule has 2 aromatic rings. The van der Waals surface area contributed by atoms with Crippen LogP contribution in [0.1, 0.15) is 16.5 Å². The lowest BCUT2D eigenvalue weighted by atomic mass is 10.1. The van der Waals surface area contributed by atoms with E-state index in [0.717, 1.165) is 18.2 Å². The molecule has 0 fully saturated rings. The summed E-state index contributed by atoms with van der Waals surface area (Å²) in [7, 11) is 0. The number of aliphatic hydroxyl groups is 1. The van der Waals surface area contributed by atoms with Crippen LogP contribution in [0, 0.1) is 11.6 Å². The van der Waals surface area contributed by atoms with Crippen molar-refractivity contribution < 1.29 is 13.9 Å². The van der Waals surface area contributed by atoms with Gasteiger partial charge in [0.1, 0.15) is 17.7 Å². The number of halogens is 2. The van der Waals surface area contributed by atoms with E-state index >= 15 is 0 Å². The summed E-state index contributed by atoms with van der Waals surface area (Å²) < 4.78 is 26.2. The molecule has 1 N–H and O–H groups in total. The van der Waals surface area contributed by atoms with Crippen molar-refractivity contribution in [3.8, 4) is 0 Å². The quantitative estimate of drug-likeness (QED) is 0.834. The largest absolute Gasteiger partial charge is 0.383 e. The molecule has 78 valence electrons. The fourth-order valence-electron chi connectivity index (χ4n) is 1.32. The summed E-state index contributed by atoms with van der Waals surface area (Å²) >= 11 is 1.30. The van der Waals surface area contributed by atoms with Gasteiger partial charge in [0, 0.05) is 10.4 Å². The molecule has 0 aliphatic carbocycles. The van der Waals surface area contributed by atoms with Crippen LogP contribution in [0.2, 0.25) is 0 Å². The average Bonchev–Trinajstić information content (AvgIpc) is 2.74. The highest BCUT2D eigenvalue weighted by atomic mass is 32.1. The van der Waals surface area contributed by atoms with Gasteiger partial charge in [0.15, 0.2) is 0 Å². The van der Waals surface area contributed by atoms with Crippen molar-refractivity contribution in [2.75, 3.05) is 0 Å². The number of benzene rings is 1. The Kier molecular flexibility index (Phi) is 2.79. The zero-order valence-corrected chi connectivity index (χ0v) is 8.47. The normalized spacial score (nSPS) is 12.7. The number of rotatable bonds is 2. The Morgan fingerprint density at radius 3 is 2.67 bits per heavy atom. The summed E-state index contributed by atoms with van der Waals surface area (Å²) in [6.45, 7) is 0. The topological polar surface area (TPSA) is 20.2 Å². The van der Waals surface area contributed by atoms with Crippen LogP contribution in [0.25, 0.3) is 0 Å². The third-order valence-electron chi connectivity index (χ3n) is 2.07. The molecule has 0 saturated heterocycles. The Morgan fingerprint density at radius 2 is 2.00 bits per heavy atom. The Labute approximate surface area is 89.6 Å². The molecular weight excluding hydrogens is 218 g/mol. The number of hydrogen-bond acceptors (Lipinski definition) is 2. The van der Waals surface area contributed by atoms with Gasteiger partial charge < -0.3 is 5.11 Å². The molecule has 0 aliphatic heterocycles. The molecule has 0 amide bonds. The second kappa shape index (κ2) is 4.08. The Bertz CT molecular complexity index is 454. The summed E-state index contributed by atoms with van der Waals surface area (Å²) in [4.78, 5) is 0.597. The van der Waals surface area contributed by atoms with Crippen LogP contribution in [0.5, 0.6) is 0 Å². The zero-order valence-electron chi connectivity index (χ0n) is 7.65. The molecule has 1 unspecified atom stereocenters. The lowest BCUT2D eigenvalue weighted by molar-refractivity contribution is 0.218. The molecule has 0 spiro atoms. The molecule has 0 radical (unpaired) electrons. The van der Waals surface area contributed by atoms with E-state index in [0.29, 0.717) is 4.88 Å². The van der Waals surface area contributed by atoms with E-state index in [1.807, 2.05) is 0 Å². The van der Waals surface area contributed by atoms with Gasteiger partial charge in [-0.15, -0.1) is 11.3 Å². The highest BCUT2D eigenvalue weighted by Gasteiger charge is 2.16. The lowest BCUT2D eigenvalue weighted by Gasteiger charge is -2.09. The van der Waals surface area contributed by atoms with Crippen molar-refractivity contribution >= 4 is 11.3 Å². The van der Waals surface area contributed by atoms with Crippen molar-refractivity contribution in [3.05, 3.63) is 57.8 Å². The van der Waals surface area contributed by atoms with Crippen LogP contribution in [0.3, 0.4) is 0 Å². The van der Waals surface area contributed by atoms with E-state index in [4.69, 9.17) is 0 Å². The van der Waals surface area contributed by atoms with Gasteiger partial charge in [-0.3, -0.25) is 0 Å². The third-order valence-corrected chi connectivity index (χ3v) is 2.99. The van der Waals surface area contributed by atoms with E-state index in [2.05, 4.69) is 0 Å². The molecule has 1 atom stereocenters. The van der Waals surface area contributed by atoms with Gasteiger partial charge in [-0.05, 0) is 29.6 Å². The van der Waals surface area contributed by atoms with E-state index < -0.39 is 17.7 Å². The fourth-order valence-corrected chi connectivity index (χ4v) is 2.05. The summed E-state index contributed by atoms with van der Waals surface area (Å²) in [5.41, 5.74) is -0.0301. The smallest absolute Gasteiger partial charge is 0.129 e. The number of aliphatic hydroxyl groups excluding tert-OH is 1. The minimum Gasteiger partial charge on any atom is -0.383 e. The van der Waals surface area contributed by atoms with Gasteiger partial charge in [0.05, 0.1) is 0 Å². The molecule has 1 nitrogen and oxygen atoms in total. The first kappa shape index (κ1) is 10.3. The number of thiophene rings is 1. The van der Waals surface area contributed by atoms with Crippen LogP contribution in [-0.4, -0.2) is 5.11 Å². The van der Waals surface area contributed by atoms with Gasteiger partial charge >= 0.3 is 0 Å². The average molecular weight is 226 g/mol. The molecule has 0 aliphatic rings. The van der Waals surface area contributed by atoms with E-state index in [-0.39, 0.29) is 5.56 Å². The van der Waals surface area contributed by atoms with Gasteiger partial charge in [-0.2, -0.15) is 0 Å². The molecule has 0 bridgehead atoms.